The van der Waals surface area contributed by atoms with Crippen molar-refractivity contribution < 1.29 is 30.0 Å². The molecule has 6 atom stereocenters. The molecule has 0 aromatic heterocycles. The minimum atomic E-state index is -0.523. The Morgan fingerprint density at radius 1 is 0.315 bits per heavy atom. The first kappa shape index (κ1) is 69.7. The zero-order valence-corrected chi connectivity index (χ0v) is 49.0. The topological polar surface area (TPSA) is 146 Å². The predicted molar refractivity (Wildman–Crippen MR) is 311 cm³/mol. The van der Waals surface area contributed by atoms with Crippen molar-refractivity contribution in [3.8, 4) is 0 Å². The maximum Gasteiger partial charge on any atom is 0.243 e. The first-order valence-corrected chi connectivity index (χ1v) is 32.4. The Labute approximate surface area is 452 Å². The Balaban J connectivity index is 2.53. The number of aliphatic hydroxyl groups is 4. The van der Waals surface area contributed by atoms with Gasteiger partial charge in [-0.15, -0.1) is 0 Å². The fourth-order valence-electron chi connectivity index (χ4n) is 11.1. The quantitative estimate of drug-likeness (QED) is 0.0330. The van der Waals surface area contributed by atoms with Gasteiger partial charge < -0.3 is 31.1 Å². The van der Waals surface area contributed by atoms with Gasteiger partial charge >= 0.3 is 0 Å². The highest BCUT2D eigenvalue weighted by Gasteiger charge is 2.33. The second-order valence-corrected chi connectivity index (χ2v) is 23.4. The SMILES string of the molecule is CCCCCCCCCCC[C@@H](O)CN(CCCC[C@@H]1NC(=O)[C@H](CCCCCCN(C[C@H](O)CCCCCCCCCC)C[C@H](O)CCCCCCCCCC)NC1=O)C[C@H](O)CCCCCCCCCC. The second kappa shape index (κ2) is 51.5. The van der Waals surface area contributed by atoms with Gasteiger partial charge in [-0.05, 0) is 70.9 Å². The van der Waals surface area contributed by atoms with Crippen molar-refractivity contribution in [2.75, 3.05) is 39.3 Å². The molecule has 0 spiro atoms. The number of nitrogens with one attached hydrogen (secondary N) is 2. The van der Waals surface area contributed by atoms with E-state index in [9.17, 15) is 30.0 Å². The molecule has 1 saturated heterocycles. The van der Waals surface area contributed by atoms with Crippen LogP contribution in [0.3, 0.4) is 0 Å². The van der Waals surface area contributed by atoms with Crippen LogP contribution in [0.2, 0.25) is 0 Å². The summed E-state index contributed by atoms with van der Waals surface area (Å²) in [5.74, 6) is -0.178. The molecule has 1 rings (SSSR count). The minimum Gasteiger partial charge on any atom is -0.392 e. The summed E-state index contributed by atoms with van der Waals surface area (Å²) in [6.45, 7) is 13.0. The van der Waals surface area contributed by atoms with Gasteiger partial charge in [-0.2, -0.15) is 0 Å². The molecule has 434 valence electrons. The van der Waals surface area contributed by atoms with Crippen molar-refractivity contribution in [2.24, 2.45) is 0 Å². The molecule has 1 aliphatic heterocycles. The monoisotopic (exact) mass is 1030 g/mol. The molecule has 0 unspecified atom stereocenters. The van der Waals surface area contributed by atoms with E-state index in [0.717, 1.165) is 109 Å². The third-order valence-corrected chi connectivity index (χ3v) is 15.9. The number of amides is 2. The van der Waals surface area contributed by atoms with Gasteiger partial charge in [-0.3, -0.25) is 19.4 Å². The number of nitrogens with zero attached hydrogens (tertiary/aromatic N) is 2. The number of piperazine rings is 1. The van der Waals surface area contributed by atoms with Gasteiger partial charge in [0.05, 0.1) is 24.4 Å². The Hall–Kier alpha value is -1.30. The summed E-state index contributed by atoms with van der Waals surface area (Å²) in [6.07, 6.45) is 49.8. The van der Waals surface area contributed by atoms with Gasteiger partial charge in [0.25, 0.3) is 0 Å². The van der Waals surface area contributed by atoms with Gasteiger partial charge in [0.1, 0.15) is 12.1 Å². The molecule has 10 nitrogen and oxygen atoms in total. The van der Waals surface area contributed by atoms with Crippen molar-refractivity contribution in [3.05, 3.63) is 0 Å². The lowest BCUT2D eigenvalue weighted by Gasteiger charge is -2.30. The van der Waals surface area contributed by atoms with E-state index in [-0.39, 0.29) is 24.0 Å². The molecule has 10 heteroatoms. The average molecular weight is 1040 g/mol. The fourth-order valence-corrected chi connectivity index (χ4v) is 11.1. The third-order valence-electron chi connectivity index (χ3n) is 15.9. The molecular formula is C63H126N4O6. The Kier molecular flexibility index (Phi) is 49.1. The zero-order chi connectivity index (χ0) is 53.3. The van der Waals surface area contributed by atoms with Crippen LogP contribution in [0.15, 0.2) is 0 Å². The van der Waals surface area contributed by atoms with E-state index >= 15 is 0 Å². The predicted octanol–water partition coefficient (Wildman–Crippen LogP) is 14.7. The van der Waals surface area contributed by atoms with Crippen LogP contribution in [-0.4, -0.2) is 118 Å². The van der Waals surface area contributed by atoms with E-state index in [1.54, 1.807) is 0 Å². The van der Waals surface area contributed by atoms with E-state index in [0.29, 0.717) is 39.0 Å². The van der Waals surface area contributed by atoms with Crippen LogP contribution in [-0.2, 0) is 9.59 Å². The summed E-state index contributed by atoms with van der Waals surface area (Å²) in [7, 11) is 0. The number of carbonyl (C=O) groups is 2. The molecule has 0 aliphatic carbocycles. The molecule has 6 N–H and O–H groups in total. The number of hydrogen-bond acceptors (Lipinski definition) is 8. The molecule has 73 heavy (non-hydrogen) atoms. The number of unbranched alkanes of at least 4 members (excludes halogenated alkanes) is 33. The average Bonchev–Trinajstić information content (AvgIpc) is 3.36. The van der Waals surface area contributed by atoms with Crippen LogP contribution in [0.25, 0.3) is 0 Å². The summed E-state index contributed by atoms with van der Waals surface area (Å²) in [6, 6.07) is -1.02. The highest BCUT2D eigenvalue weighted by Crippen LogP contribution is 2.19. The molecule has 2 amide bonds. The van der Waals surface area contributed by atoms with Gasteiger partial charge in [0, 0.05) is 26.2 Å². The Morgan fingerprint density at radius 3 is 0.795 bits per heavy atom. The maximum absolute atomic E-state index is 13.2. The highest BCUT2D eigenvalue weighted by molar-refractivity contribution is 5.96. The molecule has 0 aromatic carbocycles. The Morgan fingerprint density at radius 2 is 0.521 bits per heavy atom. The molecule has 0 aromatic rings. The summed E-state index contributed by atoms with van der Waals surface area (Å²) in [4.78, 5) is 31.0. The minimum absolute atomic E-state index is 0.0861. The zero-order valence-electron chi connectivity index (χ0n) is 49.0. The van der Waals surface area contributed by atoms with E-state index < -0.39 is 24.3 Å². The summed E-state index contributed by atoms with van der Waals surface area (Å²) < 4.78 is 0. The van der Waals surface area contributed by atoms with Crippen LogP contribution in [0.1, 0.15) is 317 Å². The van der Waals surface area contributed by atoms with Crippen LogP contribution >= 0.6 is 0 Å². The molecule has 0 saturated carbocycles. The van der Waals surface area contributed by atoms with Crippen LogP contribution in [0.5, 0.6) is 0 Å². The second-order valence-electron chi connectivity index (χ2n) is 23.4. The molecular weight excluding hydrogens is 909 g/mol. The number of carbonyl (C=O) groups excluding carboxylic acids is 2. The van der Waals surface area contributed by atoms with Crippen molar-refractivity contribution in [1.29, 1.82) is 0 Å². The standard InChI is InChI=1S/C63H126N4O6/c1-5-9-13-17-21-25-29-33-39-47-59(71)55-67(54-58(70)46-38-32-28-24-20-16-12-8-4)51-43-41-49-61-63(73)64-60(62(72)65-61)48-40-34-35-42-50-66(52-56(68)44-36-30-26-22-18-14-10-6-2)53-57(69)45-37-31-27-23-19-15-11-7-3/h56-61,68-71H,5-55H2,1-4H3,(H,64,73)(H,65,72)/t56-,57-,58-,59-,60+,61+/m1/s1. The molecule has 0 radical (unpaired) electrons. The normalized spacial score (nSPS) is 16.8. The third kappa shape index (κ3) is 43.4. The van der Waals surface area contributed by atoms with Crippen LogP contribution in [0, 0.1) is 0 Å². The largest absolute Gasteiger partial charge is 0.392 e. The van der Waals surface area contributed by atoms with E-state index in [1.165, 1.54) is 180 Å². The lowest BCUT2D eigenvalue weighted by atomic mass is 10.00. The fraction of sp³-hybridized carbons (Fsp3) is 0.968. The van der Waals surface area contributed by atoms with Crippen LogP contribution < -0.4 is 10.6 Å². The Bertz CT molecular complexity index is 1170. The smallest absolute Gasteiger partial charge is 0.243 e. The highest BCUT2D eigenvalue weighted by atomic mass is 16.3. The van der Waals surface area contributed by atoms with Crippen molar-refractivity contribution in [2.45, 2.75) is 353 Å². The lowest BCUT2D eigenvalue weighted by molar-refractivity contribution is -0.137. The summed E-state index contributed by atoms with van der Waals surface area (Å²) in [5.41, 5.74) is 0. The number of rotatable bonds is 57. The molecule has 1 fully saturated rings. The van der Waals surface area contributed by atoms with Gasteiger partial charge in [0.15, 0.2) is 0 Å². The van der Waals surface area contributed by atoms with E-state index in [1.807, 2.05) is 0 Å². The van der Waals surface area contributed by atoms with Crippen molar-refractivity contribution in [3.63, 3.8) is 0 Å². The summed E-state index contributed by atoms with van der Waals surface area (Å²) >= 11 is 0. The first-order valence-electron chi connectivity index (χ1n) is 32.4. The maximum atomic E-state index is 13.2. The first-order chi connectivity index (χ1) is 35.6. The van der Waals surface area contributed by atoms with Crippen LogP contribution in [0.4, 0.5) is 0 Å². The lowest BCUT2D eigenvalue weighted by Crippen LogP contribution is -2.61. The number of aliphatic hydroxyl groups excluding tert-OH is 4. The molecule has 1 aliphatic rings. The van der Waals surface area contributed by atoms with E-state index in [4.69, 9.17) is 0 Å². The molecule has 1 heterocycles. The van der Waals surface area contributed by atoms with Crippen molar-refractivity contribution >= 4 is 11.8 Å². The number of hydrogen-bond donors (Lipinski definition) is 6. The van der Waals surface area contributed by atoms with Gasteiger partial charge in [-0.1, -0.05) is 259 Å². The van der Waals surface area contributed by atoms with Gasteiger partial charge in [0.2, 0.25) is 11.8 Å². The van der Waals surface area contributed by atoms with E-state index in [2.05, 4.69) is 48.1 Å². The van der Waals surface area contributed by atoms with Crippen molar-refractivity contribution in [1.82, 2.24) is 20.4 Å². The van der Waals surface area contributed by atoms with Gasteiger partial charge in [-0.25, -0.2) is 0 Å². The molecule has 0 bridgehead atoms. The summed E-state index contributed by atoms with van der Waals surface area (Å²) in [5, 5.41) is 50.3.